The summed E-state index contributed by atoms with van der Waals surface area (Å²) in [6, 6.07) is 0.545. The minimum atomic E-state index is 0.220. The van der Waals surface area contributed by atoms with Crippen LogP contribution < -0.4 is 5.32 Å². The molecule has 2 nitrogen and oxygen atoms in total. The lowest BCUT2D eigenvalue weighted by Crippen LogP contribution is -2.34. The van der Waals surface area contributed by atoms with Gasteiger partial charge in [-0.05, 0) is 18.3 Å². The summed E-state index contributed by atoms with van der Waals surface area (Å²) in [5.74, 6) is 0. The van der Waals surface area contributed by atoms with Crippen molar-refractivity contribution in [2.24, 2.45) is 5.41 Å². The van der Waals surface area contributed by atoms with Crippen molar-refractivity contribution in [3.8, 4) is 0 Å². The van der Waals surface area contributed by atoms with E-state index in [2.05, 4.69) is 38.7 Å². The molecule has 0 aromatic carbocycles. The van der Waals surface area contributed by atoms with E-state index in [-0.39, 0.29) is 5.41 Å². The lowest BCUT2D eigenvalue weighted by Gasteiger charge is -2.27. The minimum Gasteiger partial charge on any atom is -0.385 e. The summed E-state index contributed by atoms with van der Waals surface area (Å²) in [4.78, 5) is 0. The summed E-state index contributed by atoms with van der Waals surface area (Å²) in [5, 5.41) is 3.48. The fourth-order valence-electron chi connectivity index (χ4n) is 1.48. The second-order valence-corrected chi connectivity index (χ2v) is 4.84. The standard InChI is InChI=1S/C13H27NO/c1-6-13(4,11-14-12(2)3)9-7-8-10-15-5/h6,12,14H,1,7-11H2,2-5H3. The van der Waals surface area contributed by atoms with Crippen LogP contribution in [0.2, 0.25) is 0 Å². The number of ether oxygens (including phenoxy) is 1. The number of nitrogens with one attached hydrogen (secondary N) is 1. The zero-order valence-corrected chi connectivity index (χ0v) is 10.8. The summed E-state index contributed by atoms with van der Waals surface area (Å²) in [7, 11) is 1.76. The summed E-state index contributed by atoms with van der Waals surface area (Å²) in [6.07, 6.45) is 5.60. The third-order valence-electron chi connectivity index (χ3n) is 2.75. The van der Waals surface area contributed by atoms with E-state index in [0.29, 0.717) is 6.04 Å². The topological polar surface area (TPSA) is 21.3 Å². The van der Waals surface area contributed by atoms with E-state index >= 15 is 0 Å². The van der Waals surface area contributed by atoms with Crippen LogP contribution in [0.4, 0.5) is 0 Å². The van der Waals surface area contributed by atoms with Crippen LogP contribution in [-0.4, -0.2) is 26.3 Å². The predicted molar refractivity (Wildman–Crippen MR) is 67.2 cm³/mol. The molecule has 0 aliphatic heterocycles. The van der Waals surface area contributed by atoms with Gasteiger partial charge in [-0.15, -0.1) is 6.58 Å². The van der Waals surface area contributed by atoms with E-state index in [1.54, 1.807) is 7.11 Å². The van der Waals surface area contributed by atoms with Gasteiger partial charge in [0.05, 0.1) is 0 Å². The van der Waals surface area contributed by atoms with Gasteiger partial charge in [0.1, 0.15) is 0 Å². The average Bonchev–Trinajstić information content (AvgIpc) is 2.22. The zero-order chi connectivity index (χ0) is 11.7. The van der Waals surface area contributed by atoms with Gasteiger partial charge in [0.15, 0.2) is 0 Å². The highest BCUT2D eigenvalue weighted by molar-refractivity contribution is 4.93. The van der Waals surface area contributed by atoms with Gasteiger partial charge in [-0.2, -0.15) is 0 Å². The molecule has 0 aliphatic carbocycles. The van der Waals surface area contributed by atoms with E-state index in [0.717, 1.165) is 19.6 Å². The number of rotatable bonds is 9. The lowest BCUT2D eigenvalue weighted by atomic mass is 9.85. The highest BCUT2D eigenvalue weighted by Gasteiger charge is 2.19. The molecule has 0 aromatic rings. The third kappa shape index (κ3) is 7.57. The molecule has 0 spiro atoms. The normalized spacial score (nSPS) is 15.3. The largest absolute Gasteiger partial charge is 0.385 e. The van der Waals surface area contributed by atoms with E-state index in [1.165, 1.54) is 12.8 Å². The van der Waals surface area contributed by atoms with Gasteiger partial charge in [0.2, 0.25) is 0 Å². The van der Waals surface area contributed by atoms with Crippen molar-refractivity contribution in [3.05, 3.63) is 12.7 Å². The van der Waals surface area contributed by atoms with Gasteiger partial charge in [-0.3, -0.25) is 0 Å². The van der Waals surface area contributed by atoms with Crippen LogP contribution in [-0.2, 0) is 4.74 Å². The molecule has 15 heavy (non-hydrogen) atoms. The van der Waals surface area contributed by atoms with Crippen molar-refractivity contribution < 1.29 is 4.74 Å². The Bertz CT molecular complexity index is 168. The first kappa shape index (κ1) is 14.7. The highest BCUT2D eigenvalue weighted by Crippen LogP contribution is 2.24. The molecule has 90 valence electrons. The maximum atomic E-state index is 5.05. The smallest absolute Gasteiger partial charge is 0.0462 e. The van der Waals surface area contributed by atoms with Crippen LogP contribution in [0.15, 0.2) is 12.7 Å². The van der Waals surface area contributed by atoms with Crippen LogP contribution in [0.1, 0.15) is 40.0 Å². The maximum Gasteiger partial charge on any atom is 0.0462 e. The molecule has 0 radical (unpaired) electrons. The van der Waals surface area contributed by atoms with E-state index in [1.807, 2.05) is 0 Å². The van der Waals surface area contributed by atoms with Crippen molar-refractivity contribution in [1.29, 1.82) is 0 Å². The van der Waals surface area contributed by atoms with E-state index < -0.39 is 0 Å². The number of methoxy groups -OCH3 is 1. The fraction of sp³-hybridized carbons (Fsp3) is 0.846. The summed E-state index contributed by atoms with van der Waals surface area (Å²) in [5.41, 5.74) is 0.220. The minimum absolute atomic E-state index is 0.220. The Kier molecular flexibility index (Phi) is 7.71. The molecule has 0 aliphatic rings. The third-order valence-corrected chi connectivity index (χ3v) is 2.75. The SMILES string of the molecule is C=CC(C)(CCCCOC)CNC(C)C. The summed E-state index contributed by atoms with van der Waals surface area (Å²) < 4.78 is 5.05. The molecule has 0 saturated carbocycles. The first-order valence-electron chi connectivity index (χ1n) is 5.90. The molecule has 0 fully saturated rings. The predicted octanol–water partition coefficient (Wildman–Crippen LogP) is 2.99. The molecule has 1 atom stereocenters. The number of hydrogen-bond donors (Lipinski definition) is 1. The van der Waals surface area contributed by atoms with Crippen molar-refractivity contribution in [1.82, 2.24) is 5.32 Å². The molecule has 1 unspecified atom stereocenters. The second kappa shape index (κ2) is 7.89. The monoisotopic (exact) mass is 213 g/mol. The Morgan fingerprint density at radius 2 is 2.07 bits per heavy atom. The first-order valence-corrected chi connectivity index (χ1v) is 5.90. The molecule has 0 bridgehead atoms. The van der Waals surface area contributed by atoms with Crippen LogP contribution in [0.25, 0.3) is 0 Å². The highest BCUT2D eigenvalue weighted by atomic mass is 16.5. The maximum absolute atomic E-state index is 5.05. The lowest BCUT2D eigenvalue weighted by molar-refractivity contribution is 0.187. The number of hydrogen-bond acceptors (Lipinski definition) is 2. The van der Waals surface area contributed by atoms with Crippen LogP contribution in [0, 0.1) is 5.41 Å². The van der Waals surface area contributed by atoms with Gasteiger partial charge >= 0.3 is 0 Å². The second-order valence-electron chi connectivity index (χ2n) is 4.84. The molecule has 0 rings (SSSR count). The Labute approximate surface area is 95.1 Å². The van der Waals surface area contributed by atoms with Gasteiger partial charge in [0, 0.05) is 26.3 Å². The van der Waals surface area contributed by atoms with Crippen LogP contribution >= 0.6 is 0 Å². The average molecular weight is 213 g/mol. The Morgan fingerprint density at radius 1 is 1.40 bits per heavy atom. The first-order chi connectivity index (χ1) is 7.04. The molecular weight excluding hydrogens is 186 g/mol. The molecule has 2 heteroatoms. The van der Waals surface area contributed by atoms with Gasteiger partial charge in [-0.25, -0.2) is 0 Å². The van der Waals surface area contributed by atoms with Crippen molar-refractivity contribution in [2.75, 3.05) is 20.3 Å². The molecule has 0 amide bonds. The molecule has 0 saturated heterocycles. The number of unbranched alkanes of at least 4 members (excludes halogenated alkanes) is 1. The molecule has 1 N–H and O–H groups in total. The summed E-state index contributed by atoms with van der Waals surface area (Å²) >= 11 is 0. The van der Waals surface area contributed by atoms with Gasteiger partial charge < -0.3 is 10.1 Å². The molecular formula is C13H27NO. The molecule has 0 aromatic heterocycles. The Hall–Kier alpha value is -0.340. The Balaban J connectivity index is 3.80. The quantitative estimate of drug-likeness (QED) is 0.469. The molecule has 0 heterocycles. The van der Waals surface area contributed by atoms with Crippen LogP contribution in [0.3, 0.4) is 0 Å². The zero-order valence-electron chi connectivity index (χ0n) is 10.8. The summed E-state index contributed by atoms with van der Waals surface area (Å²) in [6.45, 7) is 12.4. The van der Waals surface area contributed by atoms with E-state index in [9.17, 15) is 0 Å². The van der Waals surface area contributed by atoms with Crippen molar-refractivity contribution >= 4 is 0 Å². The fourth-order valence-corrected chi connectivity index (χ4v) is 1.48. The van der Waals surface area contributed by atoms with Crippen molar-refractivity contribution in [3.63, 3.8) is 0 Å². The van der Waals surface area contributed by atoms with Gasteiger partial charge in [-0.1, -0.05) is 33.3 Å². The Morgan fingerprint density at radius 3 is 2.53 bits per heavy atom. The van der Waals surface area contributed by atoms with E-state index in [4.69, 9.17) is 4.74 Å². The van der Waals surface area contributed by atoms with Crippen LogP contribution in [0.5, 0.6) is 0 Å². The van der Waals surface area contributed by atoms with Crippen molar-refractivity contribution in [2.45, 2.75) is 46.1 Å². The van der Waals surface area contributed by atoms with Gasteiger partial charge in [0.25, 0.3) is 0 Å².